The predicted octanol–water partition coefficient (Wildman–Crippen LogP) is 3.28. The molecule has 5 nitrogen and oxygen atoms in total. The molecule has 0 radical (unpaired) electrons. The Bertz CT molecular complexity index is 557. The number of carbonyl (C=O) groups is 2. The highest BCUT2D eigenvalue weighted by molar-refractivity contribution is 6.31. The first-order chi connectivity index (χ1) is 10.3. The maximum atomic E-state index is 12.3. The second-order valence-electron chi connectivity index (χ2n) is 5.04. The molecule has 1 atom stereocenters. The quantitative estimate of drug-likeness (QED) is 0.719. The molecule has 0 bridgehead atoms. The molecule has 6 heteroatoms. The van der Waals surface area contributed by atoms with E-state index in [0.29, 0.717) is 17.2 Å². The number of allylic oxidation sites excluding steroid dienone is 1. The number of ether oxygens (including phenoxy) is 1. The standard InChI is InChI=1S/C16H20ClNO4/c1-4-5-6-13(16(20)21)18-15(19)12-9-11(17)7-8-14(12)22-10(2)3/h4,7-10,13H,1,5-6H2,2-3H3,(H,18,19)(H,20,21). The van der Waals surface area contributed by atoms with Crippen LogP contribution in [0.15, 0.2) is 30.9 Å². The first-order valence-electron chi connectivity index (χ1n) is 6.96. The van der Waals surface area contributed by atoms with Gasteiger partial charge in [0.05, 0.1) is 11.7 Å². The fraction of sp³-hybridized carbons (Fsp3) is 0.375. The van der Waals surface area contributed by atoms with Gasteiger partial charge in [-0.3, -0.25) is 4.79 Å². The Kier molecular flexibility index (Phi) is 6.92. The zero-order valence-corrected chi connectivity index (χ0v) is 13.4. The number of carboxylic acid groups (broad SMARTS) is 1. The molecule has 2 N–H and O–H groups in total. The SMILES string of the molecule is C=CCCC(NC(=O)c1cc(Cl)ccc1OC(C)C)C(=O)O. The van der Waals surface area contributed by atoms with Crippen LogP contribution in [0.1, 0.15) is 37.0 Å². The summed E-state index contributed by atoms with van der Waals surface area (Å²) in [6.07, 6.45) is 2.24. The molecular weight excluding hydrogens is 306 g/mol. The molecule has 1 amide bonds. The average Bonchev–Trinajstić information content (AvgIpc) is 2.44. The molecule has 0 aliphatic rings. The number of hydrogen-bond acceptors (Lipinski definition) is 3. The first kappa shape index (κ1) is 18.0. The van der Waals surface area contributed by atoms with E-state index in [2.05, 4.69) is 11.9 Å². The molecule has 120 valence electrons. The highest BCUT2D eigenvalue weighted by Crippen LogP contribution is 2.24. The molecule has 22 heavy (non-hydrogen) atoms. The monoisotopic (exact) mass is 325 g/mol. The molecule has 1 aromatic rings. The van der Waals surface area contributed by atoms with Crippen LogP contribution in [0.3, 0.4) is 0 Å². The van der Waals surface area contributed by atoms with Gasteiger partial charge in [0.15, 0.2) is 0 Å². The lowest BCUT2D eigenvalue weighted by molar-refractivity contribution is -0.139. The van der Waals surface area contributed by atoms with Crippen molar-refractivity contribution in [3.63, 3.8) is 0 Å². The van der Waals surface area contributed by atoms with Crippen molar-refractivity contribution < 1.29 is 19.4 Å². The van der Waals surface area contributed by atoms with Crippen molar-refractivity contribution in [2.75, 3.05) is 0 Å². The number of halogens is 1. The van der Waals surface area contributed by atoms with E-state index in [1.165, 1.54) is 6.07 Å². The summed E-state index contributed by atoms with van der Waals surface area (Å²) in [5.74, 6) is -1.26. The normalized spacial score (nSPS) is 11.8. The molecule has 0 aromatic heterocycles. The summed E-state index contributed by atoms with van der Waals surface area (Å²) >= 11 is 5.92. The van der Waals surface area contributed by atoms with Crippen LogP contribution < -0.4 is 10.1 Å². The summed E-state index contributed by atoms with van der Waals surface area (Å²) in [6.45, 7) is 7.21. The topological polar surface area (TPSA) is 75.6 Å². The largest absolute Gasteiger partial charge is 0.490 e. The summed E-state index contributed by atoms with van der Waals surface area (Å²) < 4.78 is 5.56. The Balaban J connectivity index is 2.97. The van der Waals surface area contributed by atoms with Crippen LogP contribution in [0.2, 0.25) is 5.02 Å². The van der Waals surface area contributed by atoms with Crippen molar-refractivity contribution in [2.45, 2.75) is 38.8 Å². The summed E-state index contributed by atoms with van der Waals surface area (Å²) in [4.78, 5) is 23.5. The van der Waals surface area contributed by atoms with Gasteiger partial charge in [0.1, 0.15) is 11.8 Å². The van der Waals surface area contributed by atoms with Gasteiger partial charge in [-0.15, -0.1) is 6.58 Å². The Morgan fingerprint density at radius 1 is 1.45 bits per heavy atom. The highest BCUT2D eigenvalue weighted by atomic mass is 35.5. The van der Waals surface area contributed by atoms with Gasteiger partial charge in [0.2, 0.25) is 0 Å². The predicted molar refractivity (Wildman–Crippen MR) is 85.5 cm³/mol. The number of carboxylic acids is 1. The van der Waals surface area contributed by atoms with Crippen LogP contribution in [-0.2, 0) is 4.79 Å². The van der Waals surface area contributed by atoms with Gasteiger partial charge in [0, 0.05) is 5.02 Å². The molecule has 1 rings (SSSR count). The number of benzene rings is 1. The number of carbonyl (C=O) groups excluding carboxylic acids is 1. The van der Waals surface area contributed by atoms with Gasteiger partial charge in [-0.2, -0.15) is 0 Å². The van der Waals surface area contributed by atoms with E-state index in [4.69, 9.17) is 21.4 Å². The molecule has 0 fully saturated rings. The minimum atomic E-state index is -1.09. The lowest BCUT2D eigenvalue weighted by Gasteiger charge is -2.17. The third-order valence-corrected chi connectivity index (χ3v) is 3.05. The molecule has 0 aliphatic carbocycles. The smallest absolute Gasteiger partial charge is 0.326 e. The second-order valence-corrected chi connectivity index (χ2v) is 5.47. The minimum absolute atomic E-state index is 0.122. The first-order valence-corrected chi connectivity index (χ1v) is 7.33. The number of nitrogens with one attached hydrogen (secondary N) is 1. The Morgan fingerprint density at radius 2 is 2.14 bits per heavy atom. The van der Waals surface area contributed by atoms with E-state index in [1.807, 2.05) is 13.8 Å². The van der Waals surface area contributed by atoms with Crippen molar-refractivity contribution in [2.24, 2.45) is 0 Å². The van der Waals surface area contributed by atoms with E-state index >= 15 is 0 Å². The fourth-order valence-corrected chi connectivity index (χ4v) is 1.99. The van der Waals surface area contributed by atoms with Crippen LogP contribution in [-0.4, -0.2) is 29.1 Å². The van der Waals surface area contributed by atoms with Gasteiger partial charge >= 0.3 is 5.97 Å². The summed E-state index contributed by atoms with van der Waals surface area (Å²) in [6, 6.07) is 3.68. The van der Waals surface area contributed by atoms with Crippen LogP contribution in [0.4, 0.5) is 0 Å². The summed E-state index contributed by atoms with van der Waals surface area (Å²) in [5, 5.41) is 12.0. The van der Waals surface area contributed by atoms with E-state index in [9.17, 15) is 9.59 Å². The molecule has 0 saturated carbocycles. The van der Waals surface area contributed by atoms with E-state index in [0.717, 1.165) is 0 Å². The fourth-order valence-electron chi connectivity index (χ4n) is 1.81. The molecular formula is C16H20ClNO4. The lowest BCUT2D eigenvalue weighted by Crippen LogP contribution is -2.40. The average molecular weight is 326 g/mol. The molecule has 0 aliphatic heterocycles. The Hall–Kier alpha value is -2.01. The van der Waals surface area contributed by atoms with Crippen molar-refractivity contribution in [3.8, 4) is 5.75 Å². The van der Waals surface area contributed by atoms with Gasteiger partial charge in [-0.1, -0.05) is 17.7 Å². The van der Waals surface area contributed by atoms with Crippen LogP contribution in [0, 0.1) is 0 Å². The van der Waals surface area contributed by atoms with E-state index in [1.54, 1.807) is 18.2 Å². The van der Waals surface area contributed by atoms with Gasteiger partial charge in [-0.05, 0) is 44.9 Å². The summed E-state index contributed by atoms with van der Waals surface area (Å²) in [7, 11) is 0. The number of amides is 1. The third kappa shape index (κ3) is 5.41. The van der Waals surface area contributed by atoms with Gasteiger partial charge in [0.25, 0.3) is 5.91 Å². The summed E-state index contributed by atoms with van der Waals surface area (Å²) in [5.41, 5.74) is 0.214. The van der Waals surface area contributed by atoms with Crippen molar-refractivity contribution >= 4 is 23.5 Å². The van der Waals surface area contributed by atoms with E-state index in [-0.39, 0.29) is 18.1 Å². The molecule has 1 unspecified atom stereocenters. The zero-order chi connectivity index (χ0) is 16.7. The Labute approximate surface area is 134 Å². The van der Waals surface area contributed by atoms with Gasteiger partial charge < -0.3 is 15.2 Å². The lowest BCUT2D eigenvalue weighted by atomic mass is 10.1. The highest BCUT2D eigenvalue weighted by Gasteiger charge is 2.22. The minimum Gasteiger partial charge on any atom is -0.490 e. The third-order valence-electron chi connectivity index (χ3n) is 2.81. The zero-order valence-electron chi connectivity index (χ0n) is 12.6. The van der Waals surface area contributed by atoms with Crippen LogP contribution in [0.25, 0.3) is 0 Å². The van der Waals surface area contributed by atoms with Crippen molar-refractivity contribution in [3.05, 3.63) is 41.4 Å². The number of aliphatic carboxylic acids is 1. The molecule has 0 spiro atoms. The Morgan fingerprint density at radius 3 is 2.68 bits per heavy atom. The molecule has 1 aromatic carbocycles. The number of hydrogen-bond donors (Lipinski definition) is 2. The number of rotatable bonds is 8. The van der Waals surface area contributed by atoms with Crippen LogP contribution in [0.5, 0.6) is 5.75 Å². The van der Waals surface area contributed by atoms with Crippen molar-refractivity contribution in [1.29, 1.82) is 0 Å². The maximum Gasteiger partial charge on any atom is 0.326 e. The van der Waals surface area contributed by atoms with Crippen LogP contribution >= 0.6 is 11.6 Å². The molecule has 0 heterocycles. The maximum absolute atomic E-state index is 12.3. The second kappa shape index (κ2) is 8.44. The van der Waals surface area contributed by atoms with E-state index < -0.39 is 17.9 Å². The molecule has 0 saturated heterocycles. The van der Waals surface area contributed by atoms with Crippen molar-refractivity contribution in [1.82, 2.24) is 5.32 Å². The van der Waals surface area contributed by atoms with Gasteiger partial charge in [-0.25, -0.2) is 4.79 Å².